The summed E-state index contributed by atoms with van der Waals surface area (Å²) in [4.78, 5) is 43.2. The van der Waals surface area contributed by atoms with Crippen molar-refractivity contribution in [1.82, 2.24) is 10.6 Å². The van der Waals surface area contributed by atoms with E-state index in [1.165, 1.54) is 4.90 Å². The fourth-order valence-corrected chi connectivity index (χ4v) is 4.73. The maximum Gasteiger partial charge on any atom is 0.251 e. The molecule has 2 N–H and O–H groups in total. The molecule has 3 amide bonds. The fourth-order valence-electron chi connectivity index (χ4n) is 4.73. The van der Waals surface area contributed by atoms with Crippen LogP contribution in [0.15, 0.2) is 54.6 Å². The first-order valence-corrected chi connectivity index (χ1v) is 12.4. The zero-order valence-corrected chi connectivity index (χ0v) is 21.9. The van der Waals surface area contributed by atoms with Gasteiger partial charge in [-0.3, -0.25) is 14.4 Å². The predicted molar refractivity (Wildman–Crippen MR) is 146 cm³/mol. The highest BCUT2D eigenvalue weighted by Crippen LogP contribution is 2.38. The van der Waals surface area contributed by atoms with Gasteiger partial charge in [-0.15, -0.1) is 0 Å². The van der Waals surface area contributed by atoms with Crippen molar-refractivity contribution in [3.8, 4) is 11.8 Å². The average molecular weight is 514 g/mol. The molecule has 1 unspecified atom stereocenters. The number of nitrogens with zero attached hydrogens (tertiary/aromatic N) is 3. The molecular formula is C29H31N5O4. The summed E-state index contributed by atoms with van der Waals surface area (Å²) in [6, 6.07) is 17.7. The number of rotatable bonds is 7. The van der Waals surface area contributed by atoms with E-state index in [-0.39, 0.29) is 43.3 Å². The van der Waals surface area contributed by atoms with Gasteiger partial charge in [-0.1, -0.05) is 44.2 Å². The molecule has 9 heteroatoms. The number of ether oxygens (including phenoxy) is 1. The number of hydrogen-bond acceptors (Lipinski definition) is 6. The number of amides is 3. The third-order valence-electron chi connectivity index (χ3n) is 6.58. The van der Waals surface area contributed by atoms with Gasteiger partial charge < -0.3 is 25.2 Å². The first-order chi connectivity index (χ1) is 18.3. The Bertz CT molecular complexity index is 1430. The molecule has 9 nitrogen and oxygen atoms in total. The van der Waals surface area contributed by atoms with Crippen LogP contribution in [0.4, 0.5) is 11.4 Å². The molecule has 1 atom stereocenters. The zero-order chi connectivity index (χ0) is 27.4. The molecule has 1 heterocycles. The summed E-state index contributed by atoms with van der Waals surface area (Å²) in [5, 5.41) is 17.1. The van der Waals surface area contributed by atoms with E-state index >= 15 is 0 Å². The van der Waals surface area contributed by atoms with Crippen molar-refractivity contribution >= 4 is 39.9 Å². The standard InChI is InChI=1S/C29H31N5O4/c1-18(2)28(36)34-17-23(32-27(35)15-31-3)29(37)33(24-11-9-19(14-30)13-25(24)34)16-22-21-8-6-5-7-20(21)10-12-26(22)38-4/h5-13,18,23,31H,15-17H2,1-4H3,(H,32,35). The third kappa shape index (κ3) is 5.17. The second kappa shape index (κ2) is 11.3. The lowest BCUT2D eigenvalue weighted by atomic mass is 10.0. The maximum atomic E-state index is 14.1. The number of nitriles is 1. The van der Waals surface area contributed by atoms with Crippen LogP contribution >= 0.6 is 0 Å². The van der Waals surface area contributed by atoms with Crippen molar-refractivity contribution in [3.05, 3.63) is 65.7 Å². The average Bonchev–Trinajstić information content (AvgIpc) is 3.02. The Morgan fingerprint density at radius 3 is 2.58 bits per heavy atom. The lowest BCUT2D eigenvalue weighted by Crippen LogP contribution is -2.54. The monoisotopic (exact) mass is 513 g/mol. The van der Waals surface area contributed by atoms with Crippen molar-refractivity contribution in [3.63, 3.8) is 0 Å². The minimum absolute atomic E-state index is 0.0184. The summed E-state index contributed by atoms with van der Waals surface area (Å²) in [5.41, 5.74) is 2.07. The number of hydrogen-bond donors (Lipinski definition) is 2. The van der Waals surface area contributed by atoms with Gasteiger partial charge in [0.2, 0.25) is 11.8 Å². The summed E-state index contributed by atoms with van der Waals surface area (Å²) in [6.07, 6.45) is 0. The van der Waals surface area contributed by atoms with E-state index in [9.17, 15) is 19.6 Å². The number of carbonyl (C=O) groups excluding carboxylic acids is 3. The van der Waals surface area contributed by atoms with Gasteiger partial charge in [0.05, 0.1) is 49.8 Å². The van der Waals surface area contributed by atoms with Crippen molar-refractivity contribution in [2.45, 2.75) is 26.4 Å². The number of carbonyl (C=O) groups is 3. The summed E-state index contributed by atoms with van der Waals surface area (Å²) in [7, 11) is 3.22. The highest BCUT2D eigenvalue weighted by molar-refractivity contribution is 6.09. The van der Waals surface area contributed by atoms with E-state index in [2.05, 4.69) is 16.7 Å². The molecule has 38 heavy (non-hydrogen) atoms. The molecule has 196 valence electrons. The van der Waals surface area contributed by atoms with Gasteiger partial charge in [-0.05, 0) is 42.1 Å². The molecule has 0 spiro atoms. The molecule has 0 fully saturated rings. The van der Waals surface area contributed by atoms with Crippen molar-refractivity contribution < 1.29 is 19.1 Å². The van der Waals surface area contributed by atoms with E-state index in [1.807, 2.05) is 36.4 Å². The van der Waals surface area contributed by atoms with Crippen LogP contribution in [-0.2, 0) is 20.9 Å². The van der Waals surface area contributed by atoms with Crippen LogP contribution in [0.1, 0.15) is 25.0 Å². The molecule has 0 aromatic heterocycles. The SMILES string of the molecule is CNCC(=O)NC1CN(C(=O)C(C)C)c2cc(C#N)ccc2N(Cc2c(OC)ccc3ccccc23)C1=O. The Kier molecular flexibility index (Phi) is 7.93. The van der Waals surface area contributed by atoms with Crippen molar-refractivity contribution in [1.29, 1.82) is 5.26 Å². The predicted octanol–water partition coefficient (Wildman–Crippen LogP) is 2.96. The Labute approximate surface area is 222 Å². The van der Waals surface area contributed by atoms with Gasteiger partial charge in [0.15, 0.2) is 0 Å². The third-order valence-corrected chi connectivity index (χ3v) is 6.58. The normalized spacial score (nSPS) is 15.2. The van der Waals surface area contributed by atoms with E-state index in [1.54, 1.807) is 51.1 Å². The first-order valence-electron chi connectivity index (χ1n) is 12.4. The molecule has 0 saturated heterocycles. The maximum absolute atomic E-state index is 14.1. The van der Waals surface area contributed by atoms with E-state index in [4.69, 9.17) is 4.74 Å². The quantitative estimate of drug-likeness (QED) is 0.502. The van der Waals surface area contributed by atoms with Crippen LogP contribution in [-0.4, -0.2) is 51.0 Å². The van der Waals surface area contributed by atoms with Crippen LogP contribution in [0.25, 0.3) is 10.8 Å². The van der Waals surface area contributed by atoms with Crippen LogP contribution in [0.2, 0.25) is 0 Å². The van der Waals surface area contributed by atoms with Crippen molar-refractivity contribution in [2.24, 2.45) is 5.92 Å². The summed E-state index contributed by atoms with van der Waals surface area (Å²) >= 11 is 0. The Balaban J connectivity index is 1.91. The Morgan fingerprint density at radius 2 is 1.89 bits per heavy atom. The van der Waals surface area contributed by atoms with Gasteiger partial charge >= 0.3 is 0 Å². The number of methoxy groups -OCH3 is 1. The van der Waals surface area contributed by atoms with E-state index in [0.717, 1.165) is 16.3 Å². The number of likely N-dealkylation sites (N-methyl/N-ethyl adjacent to an activating group) is 1. The molecule has 1 aliphatic rings. The number of anilines is 2. The molecule has 0 saturated carbocycles. The van der Waals surface area contributed by atoms with Crippen LogP contribution in [0, 0.1) is 17.2 Å². The van der Waals surface area contributed by atoms with Crippen LogP contribution < -0.4 is 25.2 Å². The van der Waals surface area contributed by atoms with Crippen LogP contribution in [0.3, 0.4) is 0 Å². The fraction of sp³-hybridized carbons (Fsp3) is 0.310. The van der Waals surface area contributed by atoms with Crippen LogP contribution in [0.5, 0.6) is 5.75 Å². The smallest absolute Gasteiger partial charge is 0.251 e. The highest BCUT2D eigenvalue weighted by atomic mass is 16.5. The molecule has 0 aliphatic carbocycles. The molecule has 3 aromatic rings. The van der Waals surface area contributed by atoms with E-state index in [0.29, 0.717) is 22.7 Å². The van der Waals surface area contributed by atoms with Gasteiger partial charge in [0.25, 0.3) is 5.91 Å². The highest BCUT2D eigenvalue weighted by Gasteiger charge is 2.38. The second-order valence-electron chi connectivity index (χ2n) is 9.46. The lowest BCUT2D eigenvalue weighted by molar-refractivity contribution is -0.127. The topological polar surface area (TPSA) is 115 Å². The molecule has 3 aromatic carbocycles. The van der Waals surface area contributed by atoms with E-state index < -0.39 is 6.04 Å². The largest absolute Gasteiger partial charge is 0.496 e. The molecule has 4 rings (SSSR count). The van der Waals surface area contributed by atoms with Gasteiger partial charge in [0.1, 0.15) is 11.8 Å². The Hall–Kier alpha value is -4.42. The van der Waals surface area contributed by atoms with Gasteiger partial charge in [-0.2, -0.15) is 5.26 Å². The summed E-state index contributed by atoms with van der Waals surface area (Å²) in [6.45, 7) is 3.64. The summed E-state index contributed by atoms with van der Waals surface area (Å²) in [5.74, 6) is -0.709. The Morgan fingerprint density at radius 1 is 1.13 bits per heavy atom. The minimum atomic E-state index is -1.00. The molecule has 1 aliphatic heterocycles. The zero-order valence-electron chi connectivity index (χ0n) is 21.9. The molecule has 0 bridgehead atoms. The number of benzene rings is 3. The van der Waals surface area contributed by atoms with Crippen molar-refractivity contribution in [2.75, 3.05) is 37.0 Å². The minimum Gasteiger partial charge on any atom is -0.496 e. The first kappa shape index (κ1) is 26.6. The molecule has 0 radical (unpaired) electrons. The summed E-state index contributed by atoms with van der Waals surface area (Å²) < 4.78 is 5.68. The van der Waals surface area contributed by atoms with Gasteiger partial charge in [0, 0.05) is 11.5 Å². The second-order valence-corrected chi connectivity index (χ2v) is 9.46. The molecular weight excluding hydrogens is 482 g/mol. The number of fused-ring (bicyclic) bond motifs is 2. The van der Waals surface area contributed by atoms with Gasteiger partial charge in [-0.25, -0.2) is 0 Å². The lowest BCUT2D eigenvalue weighted by Gasteiger charge is -2.27. The number of nitrogens with one attached hydrogen (secondary N) is 2.